The number of para-hydroxylation sites is 1. The van der Waals surface area contributed by atoms with E-state index in [2.05, 4.69) is 5.32 Å². The Morgan fingerprint density at radius 2 is 1.95 bits per heavy atom. The van der Waals surface area contributed by atoms with E-state index < -0.39 is 0 Å². The average molecular weight is 265 g/mol. The molecule has 0 bridgehead atoms. The van der Waals surface area contributed by atoms with Crippen molar-refractivity contribution in [2.75, 3.05) is 19.8 Å². The van der Waals surface area contributed by atoms with Crippen LogP contribution in [0.2, 0.25) is 0 Å². The lowest BCUT2D eigenvalue weighted by Crippen LogP contribution is -2.29. The molecule has 19 heavy (non-hydrogen) atoms. The highest BCUT2D eigenvalue weighted by Crippen LogP contribution is 2.15. The number of aryl methyl sites for hydroxylation is 1. The van der Waals surface area contributed by atoms with Gasteiger partial charge in [0.05, 0.1) is 0 Å². The molecule has 0 atom stereocenters. The van der Waals surface area contributed by atoms with Gasteiger partial charge < -0.3 is 15.2 Å². The van der Waals surface area contributed by atoms with Crippen molar-refractivity contribution in [1.82, 2.24) is 5.32 Å². The molecular formula is C15H23NO3. The molecule has 1 aromatic carbocycles. The number of carbonyl (C=O) groups excluding carboxylic acids is 1. The zero-order chi connectivity index (χ0) is 13.9. The predicted octanol–water partition coefficient (Wildman–Crippen LogP) is 2.04. The average Bonchev–Trinajstić information content (AvgIpc) is 2.42. The minimum atomic E-state index is -0.0922. The molecule has 0 aliphatic heterocycles. The van der Waals surface area contributed by atoms with Crippen LogP contribution < -0.4 is 10.1 Å². The monoisotopic (exact) mass is 265 g/mol. The van der Waals surface area contributed by atoms with E-state index in [1.54, 1.807) is 0 Å². The maximum Gasteiger partial charge on any atom is 0.257 e. The molecular weight excluding hydrogens is 242 g/mol. The van der Waals surface area contributed by atoms with Crippen LogP contribution >= 0.6 is 0 Å². The summed E-state index contributed by atoms with van der Waals surface area (Å²) in [5.41, 5.74) is 1.03. The highest BCUT2D eigenvalue weighted by molar-refractivity contribution is 5.77. The highest BCUT2D eigenvalue weighted by atomic mass is 16.5. The Hall–Kier alpha value is -1.55. The van der Waals surface area contributed by atoms with Gasteiger partial charge in [0, 0.05) is 13.2 Å². The smallest absolute Gasteiger partial charge is 0.257 e. The third-order valence-corrected chi connectivity index (χ3v) is 2.86. The topological polar surface area (TPSA) is 58.6 Å². The third-order valence-electron chi connectivity index (χ3n) is 2.86. The van der Waals surface area contributed by atoms with E-state index in [1.807, 2.05) is 31.2 Å². The fourth-order valence-electron chi connectivity index (χ4n) is 1.73. The SMILES string of the molecule is Cc1ccccc1OCC(=O)NCCCCCCO. The van der Waals surface area contributed by atoms with Crippen LogP contribution in [0.1, 0.15) is 31.2 Å². The van der Waals surface area contributed by atoms with Crippen molar-refractivity contribution in [2.45, 2.75) is 32.6 Å². The van der Waals surface area contributed by atoms with Crippen molar-refractivity contribution in [2.24, 2.45) is 0 Å². The number of benzene rings is 1. The zero-order valence-electron chi connectivity index (χ0n) is 11.5. The Morgan fingerprint density at radius 1 is 1.21 bits per heavy atom. The fraction of sp³-hybridized carbons (Fsp3) is 0.533. The first-order valence-electron chi connectivity index (χ1n) is 6.80. The number of hydrogen-bond acceptors (Lipinski definition) is 3. The van der Waals surface area contributed by atoms with Crippen molar-refractivity contribution in [1.29, 1.82) is 0 Å². The van der Waals surface area contributed by atoms with Crippen LogP contribution in [0.25, 0.3) is 0 Å². The van der Waals surface area contributed by atoms with E-state index in [0.717, 1.165) is 37.0 Å². The van der Waals surface area contributed by atoms with E-state index >= 15 is 0 Å². The summed E-state index contributed by atoms with van der Waals surface area (Å²) < 4.78 is 5.45. The van der Waals surface area contributed by atoms with Crippen LogP contribution in [0.3, 0.4) is 0 Å². The Kier molecular flexibility index (Phi) is 7.66. The lowest BCUT2D eigenvalue weighted by molar-refractivity contribution is -0.123. The highest BCUT2D eigenvalue weighted by Gasteiger charge is 2.03. The quantitative estimate of drug-likeness (QED) is 0.672. The number of aliphatic hydroxyl groups is 1. The summed E-state index contributed by atoms with van der Waals surface area (Å²) in [6, 6.07) is 7.64. The molecule has 0 aliphatic rings. The van der Waals surface area contributed by atoms with Crippen molar-refractivity contribution < 1.29 is 14.6 Å². The molecule has 1 aromatic rings. The molecule has 4 heteroatoms. The first kappa shape index (κ1) is 15.5. The Morgan fingerprint density at radius 3 is 2.68 bits per heavy atom. The molecule has 0 fully saturated rings. The van der Waals surface area contributed by atoms with Crippen LogP contribution in [0.15, 0.2) is 24.3 Å². The molecule has 0 saturated carbocycles. The van der Waals surface area contributed by atoms with Gasteiger partial charge in [-0.1, -0.05) is 31.0 Å². The molecule has 0 unspecified atom stereocenters. The van der Waals surface area contributed by atoms with Crippen molar-refractivity contribution in [3.63, 3.8) is 0 Å². The number of hydrogen-bond donors (Lipinski definition) is 2. The van der Waals surface area contributed by atoms with Gasteiger partial charge in [-0.3, -0.25) is 4.79 Å². The van der Waals surface area contributed by atoms with Gasteiger partial charge in [0.1, 0.15) is 5.75 Å². The molecule has 1 rings (SSSR count). The summed E-state index contributed by atoms with van der Waals surface area (Å²) in [5.74, 6) is 0.658. The number of unbranched alkanes of at least 4 members (excludes halogenated alkanes) is 3. The van der Waals surface area contributed by atoms with Gasteiger partial charge in [-0.25, -0.2) is 0 Å². The van der Waals surface area contributed by atoms with Crippen LogP contribution in [0.4, 0.5) is 0 Å². The van der Waals surface area contributed by atoms with Crippen LogP contribution in [0, 0.1) is 6.92 Å². The minimum Gasteiger partial charge on any atom is -0.484 e. The Bertz CT molecular complexity index is 379. The van der Waals surface area contributed by atoms with E-state index in [-0.39, 0.29) is 19.1 Å². The molecule has 2 N–H and O–H groups in total. The molecule has 0 spiro atoms. The standard InChI is InChI=1S/C15H23NO3/c1-13-8-4-5-9-14(13)19-12-15(18)16-10-6-2-3-7-11-17/h4-5,8-9,17H,2-3,6-7,10-12H2,1H3,(H,16,18). The van der Waals surface area contributed by atoms with Gasteiger partial charge in [-0.2, -0.15) is 0 Å². The number of nitrogens with one attached hydrogen (secondary N) is 1. The Balaban J connectivity index is 2.10. The zero-order valence-corrected chi connectivity index (χ0v) is 11.5. The molecule has 0 heterocycles. The first-order chi connectivity index (χ1) is 9.24. The second-order valence-electron chi connectivity index (χ2n) is 4.54. The maximum absolute atomic E-state index is 11.5. The lowest BCUT2D eigenvalue weighted by Gasteiger charge is -2.09. The second-order valence-corrected chi connectivity index (χ2v) is 4.54. The molecule has 4 nitrogen and oxygen atoms in total. The van der Waals surface area contributed by atoms with Gasteiger partial charge in [0.15, 0.2) is 6.61 Å². The van der Waals surface area contributed by atoms with Gasteiger partial charge in [-0.15, -0.1) is 0 Å². The maximum atomic E-state index is 11.5. The van der Waals surface area contributed by atoms with Crippen molar-refractivity contribution >= 4 is 5.91 Å². The van der Waals surface area contributed by atoms with Gasteiger partial charge in [0.2, 0.25) is 0 Å². The van der Waals surface area contributed by atoms with E-state index in [1.165, 1.54) is 0 Å². The summed E-state index contributed by atoms with van der Waals surface area (Å²) in [7, 11) is 0. The largest absolute Gasteiger partial charge is 0.484 e. The van der Waals surface area contributed by atoms with E-state index in [0.29, 0.717) is 6.54 Å². The minimum absolute atomic E-state index is 0.0570. The number of carbonyl (C=O) groups is 1. The lowest BCUT2D eigenvalue weighted by atomic mass is 10.2. The Labute approximate surface area is 114 Å². The summed E-state index contributed by atoms with van der Waals surface area (Å²) in [6.45, 7) is 2.92. The van der Waals surface area contributed by atoms with E-state index in [4.69, 9.17) is 9.84 Å². The predicted molar refractivity (Wildman–Crippen MR) is 75.2 cm³/mol. The fourth-order valence-corrected chi connectivity index (χ4v) is 1.73. The molecule has 106 valence electrons. The normalized spacial score (nSPS) is 10.2. The number of amides is 1. The molecule has 0 radical (unpaired) electrons. The summed E-state index contributed by atoms with van der Waals surface area (Å²) in [4.78, 5) is 11.5. The van der Waals surface area contributed by atoms with Crippen molar-refractivity contribution in [3.8, 4) is 5.75 Å². The van der Waals surface area contributed by atoms with E-state index in [9.17, 15) is 4.79 Å². The van der Waals surface area contributed by atoms with Crippen LogP contribution in [-0.2, 0) is 4.79 Å². The van der Waals surface area contributed by atoms with Crippen LogP contribution in [-0.4, -0.2) is 30.8 Å². The van der Waals surface area contributed by atoms with Gasteiger partial charge in [-0.05, 0) is 31.4 Å². The van der Waals surface area contributed by atoms with Crippen LogP contribution in [0.5, 0.6) is 5.75 Å². The van der Waals surface area contributed by atoms with Gasteiger partial charge >= 0.3 is 0 Å². The number of aliphatic hydroxyl groups excluding tert-OH is 1. The van der Waals surface area contributed by atoms with Gasteiger partial charge in [0.25, 0.3) is 5.91 Å². The summed E-state index contributed by atoms with van der Waals surface area (Å²) in [5, 5.41) is 11.4. The molecule has 0 saturated heterocycles. The number of rotatable bonds is 9. The second kappa shape index (κ2) is 9.39. The summed E-state index contributed by atoms with van der Waals surface area (Å²) in [6.07, 6.45) is 3.81. The summed E-state index contributed by atoms with van der Waals surface area (Å²) >= 11 is 0. The van der Waals surface area contributed by atoms with Crippen molar-refractivity contribution in [3.05, 3.63) is 29.8 Å². The third kappa shape index (κ3) is 6.82. The molecule has 0 aromatic heterocycles. The molecule has 0 aliphatic carbocycles. The number of ether oxygens (including phenoxy) is 1. The first-order valence-corrected chi connectivity index (χ1v) is 6.80. The molecule has 1 amide bonds.